The average molecular weight is 256 g/mol. The predicted octanol–water partition coefficient (Wildman–Crippen LogP) is 2.52. The van der Waals surface area contributed by atoms with E-state index in [0.29, 0.717) is 18.8 Å². The molecule has 0 heterocycles. The molecule has 0 bridgehead atoms. The molecule has 6 nitrogen and oxygen atoms in total. The molecule has 0 unspecified atom stereocenters. The van der Waals surface area contributed by atoms with Crippen LogP contribution in [0.1, 0.15) is 25.7 Å². The first-order valence-electron chi connectivity index (χ1n) is 5.56. The van der Waals surface area contributed by atoms with Crippen LogP contribution in [0.5, 0.6) is 11.5 Å². The van der Waals surface area contributed by atoms with E-state index >= 15 is 0 Å². The van der Waals surface area contributed by atoms with Crippen molar-refractivity contribution >= 4 is 6.16 Å². The van der Waals surface area contributed by atoms with Gasteiger partial charge in [-0.15, -0.1) is 0 Å². The lowest BCUT2D eigenvalue weighted by molar-refractivity contribution is -0.141. The van der Waals surface area contributed by atoms with Crippen LogP contribution in [0, 0.1) is 0 Å². The van der Waals surface area contributed by atoms with Crippen molar-refractivity contribution in [2.24, 2.45) is 0 Å². The van der Waals surface area contributed by atoms with Gasteiger partial charge in [0.2, 0.25) is 0 Å². The maximum atomic E-state index is 10.5. The van der Waals surface area contributed by atoms with E-state index in [1.165, 1.54) is 6.07 Å². The minimum atomic E-state index is -1.49. The number of hydrogen-bond donors (Lipinski definition) is 2. The normalized spacial score (nSPS) is 10.6. The number of para-hydroxylation sites is 1. The van der Waals surface area contributed by atoms with Gasteiger partial charge in [0, 0.05) is 13.2 Å². The molecule has 0 saturated carbocycles. The van der Waals surface area contributed by atoms with Gasteiger partial charge in [-0.3, -0.25) is 0 Å². The van der Waals surface area contributed by atoms with Crippen LogP contribution >= 0.6 is 0 Å². The number of carboxylic acid groups (broad SMARTS) is 1. The molecular formula is C12H16O6. The smallest absolute Gasteiger partial charge is 0.504 e. The van der Waals surface area contributed by atoms with Crippen LogP contribution in [0.2, 0.25) is 0 Å². The van der Waals surface area contributed by atoms with Gasteiger partial charge in [-0.25, -0.2) is 4.79 Å². The Morgan fingerprint density at radius 3 is 2.39 bits per heavy atom. The second-order valence-electron chi connectivity index (χ2n) is 3.30. The quantitative estimate of drug-likeness (QED) is 0.462. The number of rotatable bonds is 6. The van der Waals surface area contributed by atoms with Crippen molar-refractivity contribution in [3.63, 3.8) is 0 Å². The molecule has 0 aliphatic heterocycles. The summed E-state index contributed by atoms with van der Waals surface area (Å²) in [5.74, 6) is -0.448. The van der Waals surface area contributed by atoms with Crippen molar-refractivity contribution in [1.82, 2.24) is 0 Å². The fraction of sp³-hybridized carbons (Fsp3) is 0.417. The summed E-state index contributed by atoms with van der Waals surface area (Å²) < 4.78 is 15.1. The highest BCUT2D eigenvalue weighted by Gasteiger charge is 2.19. The summed E-state index contributed by atoms with van der Waals surface area (Å²) in [6.45, 7) is 4.38. The first kappa shape index (κ1) is 14.3. The Morgan fingerprint density at radius 1 is 1.28 bits per heavy atom. The van der Waals surface area contributed by atoms with Gasteiger partial charge < -0.3 is 24.4 Å². The molecule has 1 aromatic rings. The zero-order valence-electron chi connectivity index (χ0n) is 10.3. The maximum absolute atomic E-state index is 10.5. The number of phenols is 1. The molecule has 0 fully saturated rings. The van der Waals surface area contributed by atoms with Crippen molar-refractivity contribution in [3.8, 4) is 11.5 Å². The third kappa shape index (κ3) is 3.61. The molecule has 1 rings (SSSR count). The van der Waals surface area contributed by atoms with Crippen molar-refractivity contribution in [1.29, 1.82) is 0 Å². The Hall–Kier alpha value is -1.79. The van der Waals surface area contributed by atoms with Gasteiger partial charge in [0.05, 0.1) is 5.56 Å². The van der Waals surface area contributed by atoms with Crippen LogP contribution in [0.3, 0.4) is 0 Å². The van der Waals surface area contributed by atoms with E-state index in [0.717, 1.165) is 0 Å². The van der Waals surface area contributed by atoms with Crippen LogP contribution in [0.15, 0.2) is 18.2 Å². The SMILES string of the molecule is CCOC(OCC)c1cccc(OC(=O)O)c1O. The molecule has 0 aliphatic rings. The molecule has 0 saturated heterocycles. The minimum absolute atomic E-state index is 0.149. The summed E-state index contributed by atoms with van der Waals surface area (Å²) in [5.41, 5.74) is 0.331. The second-order valence-corrected chi connectivity index (χ2v) is 3.30. The summed E-state index contributed by atoms with van der Waals surface area (Å²) in [6.07, 6.45) is -2.25. The van der Waals surface area contributed by atoms with Crippen LogP contribution in [-0.4, -0.2) is 29.6 Å². The lowest BCUT2D eigenvalue weighted by Crippen LogP contribution is -2.10. The molecule has 100 valence electrons. The Bertz CT molecular complexity index is 398. The number of phenolic OH excluding ortho intramolecular Hbond substituents is 1. The van der Waals surface area contributed by atoms with Gasteiger partial charge in [0.1, 0.15) is 0 Å². The first-order valence-corrected chi connectivity index (χ1v) is 5.56. The summed E-state index contributed by atoms with van der Waals surface area (Å²) >= 11 is 0. The first-order chi connectivity index (χ1) is 8.60. The third-order valence-corrected chi connectivity index (χ3v) is 2.12. The largest absolute Gasteiger partial charge is 0.511 e. The predicted molar refractivity (Wildman–Crippen MR) is 62.8 cm³/mol. The van der Waals surface area contributed by atoms with Crippen LogP contribution in [-0.2, 0) is 9.47 Å². The van der Waals surface area contributed by atoms with E-state index in [4.69, 9.17) is 14.6 Å². The Labute approximate surface area is 105 Å². The van der Waals surface area contributed by atoms with Crippen LogP contribution in [0.4, 0.5) is 4.79 Å². The van der Waals surface area contributed by atoms with Crippen LogP contribution in [0.25, 0.3) is 0 Å². The maximum Gasteiger partial charge on any atom is 0.511 e. The molecule has 0 aromatic heterocycles. The lowest BCUT2D eigenvalue weighted by atomic mass is 10.2. The highest BCUT2D eigenvalue weighted by molar-refractivity contribution is 5.63. The van der Waals surface area contributed by atoms with E-state index in [-0.39, 0.29) is 11.5 Å². The Balaban J connectivity index is 3.02. The molecule has 1 aromatic carbocycles. The van der Waals surface area contributed by atoms with Gasteiger partial charge in [0.15, 0.2) is 17.8 Å². The van der Waals surface area contributed by atoms with E-state index in [1.54, 1.807) is 26.0 Å². The lowest BCUT2D eigenvalue weighted by Gasteiger charge is -2.19. The number of carbonyl (C=O) groups is 1. The zero-order valence-corrected chi connectivity index (χ0v) is 10.3. The van der Waals surface area contributed by atoms with E-state index in [1.807, 2.05) is 0 Å². The molecule has 0 aliphatic carbocycles. The van der Waals surface area contributed by atoms with Gasteiger partial charge in [0.25, 0.3) is 0 Å². The molecule has 0 atom stereocenters. The molecule has 6 heteroatoms. The van der Waals surface area contributed by atoms with E-state index in [9.17, 15) is 9.90 Å². The summed E-state index contributed by atoms with van der Waals surface area (Å²) in [6, 6.07) is 4.49. The summed E-state index contributed by atoms with van der Waals surface area (Å²) in [4.78, 5) is 10.5. The van der Waals surface area contributed by atoms with Crippen molar-refractivity contribution in [2.75, 3.05) is 13.2 Å². The molecule has 2 N–H and O–H groups in total. The van der Waals surface area contributed by atoms with Crippen molar-refractivity contribution < 1.29 is 29.2 Å². The molecule has 0 radical (unpaired) electrons. The van der Waals surface area contributed by atoms with Crippen molar-refractivity contribution in [3.05, 3.63) is 23.8 Å². The van der Waals surface area contributed by atoms with Gasteiger partial charge in [-0.05, 0) is 26.0 Å². The topological polar surface area (TPSA) is 85.2 Å². The monoisotopic (exact) mass is 256 g/mol. The summed E-state index contributed by atoms with van der Waals surface area (Å²) in [7, 11) is 0. The zero-order chi connectivity index (χ0) is 13.5. The number of hydrogen-bond acceptors (Lipinski definition) is 5. The molecular weight excluding hydrogens is 240 g/mol. The fourth-order valence-electron chi connectivity index (χ4n) is 1.44. The Kier molecular flexibility index (Phi) is 5.41. The Morgan fingerprint density at radius 2 is 1.89 bits per heavy atom. The van der Waals surface area contributed by atoms with E-state index < -0.39 is 12.4 Å². The number of benzene rings is 1. The molecule has 0 amide bonds. The average Bonchev–Trinajstić information content (AvgIpc) is 2.31. The van der Waals surface area contributed by atoms with Gasteiger partial charge >= 0.3 is 6.16 Å². The third-order valence-electron chi connectivity index (χ3n) is 2.12. The van der Waals surface area contributed by atoms with E-state index in [2.05, 4.69) is 4.74 Å². The minimum Gasteiger partial charge on any atom is -0.504 e. The number of ether oxygens (including phenoxy) is 3. The second kappa shape index (κ2) is 6.83. The van der Waals surface area contributed by atoms with Gasteiger partial charge in [-0.1, -0.05) is 6.07 Å². The highest BCUT2D eigenvalue weighted by atomic mass is 16.7. The standard InChI is InChI=1S/C12H16O6/c1-3-16-11(17-4-2)8-6-5-7-9(10(8)13)18-12(14)15/h5-7,11,13H,3-4H2,1-2H3,(H,14,15). The fourth-order valence-corrected chi connectivity index (χ4v) is 1.44. The highest BCUT2D eigenvalue weighted by Crippen LogP contribution is 2.35. The van der Waals surface area contributed by atoms with Crippen molar-refractivity contribution in [2.45, 2.75) is 20.1 Å². The molecule has 18 heavy (non-hydrogen) atoms. The summed E-state index contributed by atoms with van der Waals surface area (Å²) in [5, 5.41) is 18.4. The molecule has 0 spiro atoms. The van der Waals surface area contributed by atoms with Crippen LogP contribution < -0.4 is 4.74 Å². The number of aromatic hydroxyl groups is 1. The van der Waals surface area contributed by atoms with Gasteiger partial charge in [-0.2, -0.15) is 0 Å².